The molecule has 0 saturated heterocycles. The van der Waals surface area contributed by atoms with Crippen LogP contribution in [-0.4, -0.2) is 26.8 Å². The van der Waals surface area contributed by atoms with Crippen molar-refractivity contribution in [3.63, 3.8) is 0 Å². The van der Waals surface area contributed by atoms with Gasteiger partial charge in [0.1, 0.15) is 0 Å². The highest BCUT2D eigenvalue weighted by Crippen LogP contribution is 2.29. The normalized spacial score (nSPS) is 14.2. The van der Waals surface area contributed by atoms with E-state index in [4.69, 9.17) is 9.15 Å². The molecule has 27 heavy (non-hydrogen) atoms. The van der Waals surface area contributed by atoms with Gasteiger partial charge < -0.3 is 14.5 Å². The van der Waals surface area contributed by atoms with Crippen LogP contribution >= 0.6 is 0 Å². The Bertz CT molecular complexity index is 927. The third kappa shape index (κ3) is 3.72. The lowest BCUT2D eigenvalue weighted by molar-refractivity contribution is -0.122. The summed E-state index contributed by atoms with van der Waals surface area (Å²) in [6, 6.07) is 11.4. The van der Waals surface area contributed by atoms with Crippen LogP contribution in [0.2, 0.25) is 0 Å². The van der Waals surface area contributed by atoms with E-state index >= 15 is 0 Å². The van der Waals surface area contributed by atoms with Crippen LogP contribution < -0.4 is 10.1 Å². The van der Waals surface area contributed by atoms with Crippen LogP contribution in [0.4, 0.5) is 5.69 Å². The monoisotopic (exact) mass is 366 g/mol. The molecule has 7 nitrogen and oxygen atoms in total. The van der Waals surface area contributed by atoms with Gasteiger partial charge in [-0.15, -0.1) is 5.10 Å². The summed E-state index contributed by atoms with van der Waals surface area (Å²) < 4.78 is 12.8. The Hall–Kier alpha value is -3.09. The Kier molecular flexibility index (Phi) is 4.66. The maximum atomic E-state index is 12.2. The van der Waals surface area contributed by atoms with E-state index in [0.29, 0.717) is 11.6 Å². The van der Waals surface area contributed by atoms with Gasteiger partial charge in [-0.3, -0.25) is 4.79 Å². The Morgan fingerprint density at radius 3 is 2.81 bits per heavy atom. The van der Waals surface area contributed by atoms with Crippen LogP contribution in [0.5, 0.6) is 6.01 Å². The average Bonchev–Trinajstić information content (AvgIpc) is 3.22. The Morgan fingerprint density at radius 2 is 2.15 bits per heavy atom. The van der Waals surface area contributed by atoms with Gasteiger partial charge in [0.2, 0.25) is 11.7 Å². The molecule has 0 unspecified atom stereocenters. The number of aromatic nitrogens is 3. The zero-order valence-electron chi connectivity index (χ0n) is 15.4. The fourth-order valence-electron chi connectivity index (χ4n) is 2.93. The molecule has 0 radical (unpaired) electrons. The van der Waals surface area contributed by atoms with E-state index < -0.39 is 0 Å². The Balaban J connectivity index is 1.66. The number of ether oxygens (including phenoxy) is 1. The summed E-state index contributed by atoms with van der Waals surface area (Å²) in [5.74, 6) is 1.33. The van der Waals surface area contributed by atoms with Crippen LogP contribution in [0, 0.1) is 5.92 Å². The molecule has 2 aromatic heterocycles. The summed E-state index contributed by atoms with van der Waals surface area (Å²) in [6.07, 6.45) is 4.60. The topological polar surface area (TPSA) is 82.2 Å². The highest BCUT2D eigenvalue weighted by Gasteiger charge is 2.25. The molecule has 1 amide bonds. The van der Waals surface area contributed by atoms with Gasteiger partial charge in [0.25, 0.3) is 0 Å². The van der Waals surface area contributed by atoms with Crippen molar-refractivity contribution in [3.05, 3.63) is 42.7 Å². The van der Waals surface area contributed by atoms with Crippen molar-refractivity contribution in [2.75, 3.05) is 5.32 Å². The molecule has 1 fully saturated rings. The predicted octanol–water partition coefficient (Wildman–Crippen LogP) is 4.05. The number of furan rings is 1. The third-order valence-corrected chi connectivity index (χ3v) is 4.50. The number of carbonyl (C=O) groups excluding carboxylic acids is 1. The summed E-state index contributed by atoms with van der Waals surface area (Å²) in [5.41, 5.74) is 1.50. The van der Waals surface area contributed by atoms with Crippen LogP contribution in [-0.2, 0) is 4.79 Å². The number of anilines is 1. The summed E-state index contributed by atoms with van der Waals surface area (Å²) in [7, 11) is 0. The van der Waals surface area contributed by atoms with Gasteiger partial charge in [-0.1, -0.05) is 12.5 Å². The molecule has 1 aromatic carbocycles. The second-order valence-electron chi connectivity index (χ2n) is 6.94. The number of nitrogens with one attached hydrogen (secondary N) is 1. The molecule has 0 bridgehead atoms. The molecule has 1 aliphatic carbocycles. The lowest BCUT2D eigenvalue weighted by atomic mass is 9.85. The van der Waals surface area contributed by atoms with Gasteiger partial charge in [-0.05, 0) is 57.0 Å². The number of benzene rings is 1. The van der Waals surface area contributed by atoms with Crippen molar-refractivity contribution < 1.29 is 13.9 Å². The largest absolute Gasteiger partial charge is 0.461 e. The molecule has 7 heteroatoms. The average molecular weight is 366 g/mol. The maximum absolute atomic E-state index is 12.2. The Labute approximate surface area is 157 Å². The Morgan fingerprint density at radius 1 is 1.30 bits per heavy atom. The first-order valence-electron chi connectivity index (χ1n) is 9.19. The van der Waals surface area contributed by atoms with Gasteiger partial charge in [-0.2, -0.15) is 4.98 Å². The minimum Gasteiger partial charge on any atom is -0.461 e. The highest BCUT2D eigenvalue weighted by atomic mass is 16.5. The molecule has 1 aliphatic rings. The number of carbonyl (C=O) groups is 1. The summed E-state index contributed by atoms with van der Waals surface area (Å²) in [4.78, 5) is 16.7. The van der Waals surface area contributed by atoms with E-state index in [1.807, 2.05) is 44.2 Å². The van der Waals surface area contributed by atoms with Gasteiger partial charge >= 0.3 is 6.01 Å². The number of amides is 1. The minimum absolute atomic E-state index is 0.0431. The molecule has 4 rings (SSSR count). The van der Waals surface area contributed by atoms with E-state index in [2.05, 4.69) is 15.4 Å². The van der Waals surface area contributed by atoms with Crippen LogP contribution in [0.25, 0.3) is 17.3 Å². The fraction of sp³-hybridized carbons (Fsp3) is 0.350. The fourth-order valence-corrected chi connectivity index (χ4v) is 2.93. The molecule has 1 saturated carbocycles. The zero-order valence-corrected chi connectivity index (χ0v) is 15.4. The van der Waals surface area contributed by atoms with Gasteiger partial charge in [-0.25, -0.2) is 4.68 Å². The molecule has 0 atom stereocenters. The van der Waals surface area contributed by atoms with Crippen molar-refractivity contribution in [2.45, 2.75) is 39.2 Å². The van der Waals surface area contributed by atoms with E-state index in [-0.39, 0.29) is 23.9 Å². The number of rotatable bonds is 6. The van der Waals surface area contributed by atoms with Gasteiger partial charge in [0.05, 0.1) is 18.1 Å². The molecule has 1 N–H and O–H groups in total. The van der Waals surface area contributed by atoms with E-state index in [9.17, 15) is 4.79 Å². The quantitative estimate of drug-likeness (QED) is 0.711. The molecule has 140 valence electrons. The van der Waals surface area contributed by atoms with Crippen molar-refractivity contribution >= 4 is 11.6 Å². The lowest BCUT2D eigenvalue weighted by Gasteiger charge is -2.24. The molecular formula is C20H22N4O3. The molecular weight excluding hydrogens is 344 g/mol. The van der Waals surface area contributed by atoms with E-state index in [1.165, 1.54) is 0 Å². The smallest absolute Gasteiger partial charge is 0.336 e. The van der Waals surface area contributed by atoms with Crippen LogP contribution in [0.3, 0.4) is 0 Å². The molecule has 0 aliphatic heterocycles. The van der Waals surface area contributed by atoms with Crippen molar-refractivity contribution in [2.24, 2.45) is 5.92 Å². The van der Waals surface area contributed by atoms with Crippen molar-refractivity contribution in [3.8, 4) is 23.3 Å². The van der Waals surface area contributed by atoms with Gasteiger partial charge in [0, 0.05) is 11.6 Å². The first kappa shape index (κ1) is 17.3. The van der Waals surface area contributed by atoms with E-state index in [0.717, 1.165) is 30.6 Å². The number of hydrogen-bond acceptors (Lipinski definition) is 5. The van der Waals surface area contributed by atoms with E-state index in [1.54, 1.807) is 17.0 Å². The lowest BCUT2D eigenvalue weighted by Crippen LogP contribution is -2.28. The van der Waals surface area contributed by atoms with Crippen molar-refractivity contribution in [1.29, 1.82) is 0 Å². The van der Waals surface area contributed by atoms with Gasteiger partial charge in [0.15, 0.2) is 5.76 Å². The van der Waals surface area contributed by atoms with Crippen LogP contribution in [0.1, 0.15) is 33.1 Å². The molecule has 3 aromatic rings. The standard InChI is InChI=1S/C20H22N4O3/c1-13(2)27-20-22-18(17-10-5-11-26-17)24(23-20)16-9-4-8-15(12-16)21-19(25)14-6-3-7-14/h4-5,8-14H,3,6-7H2,1-2H3,(H,21,25). The predicted molar refractivity (Wildman–Crippen MR) is 101 cm³/mol. The second kappa shape index (κ2) is 7.26. The third-order valence-electron chi connectivity index (χ3n) is 4.50. The minimum atomic E-state index is -0.0431. The summed E-state index contributed by atoms with van der Waals surface area (Å²) in [5, 5.41) is 7.46. The summed E-state index contributed by atoms with van der Waals surface area (Å²) in [6.45, 7) is 3.84. The molecule has 0 spiro atoms. The number of hydrogen-bond donors (Lipinski definition) is 1. The zero-order chi connectivity index (χ0) is 18.8. The van der Waals surface area contributed by atoms with Crippen LogP contribution in [0.15, 0.2) is 47.1 Å². The second-order valence-corrected chi connectivity index (χ2v) is 6.94. The number of nitrogens with zero attached hydrogens (tertiary/aromatic N) is 3. The highest BCUT2D eigenvalue weighted by molar-refractivity contribution is 5.93. The first-order valence-corrected chi connectivity index (χ1v) is 9.19. The molecule has 2 heterocycles. The summed E-state index contributed by atoms with van der Waals surface area (Å²) >= 11 is 0. The SMILES string of the molecule is CC(C)Oc1nc(-c2ccco2)n(-c2cccc(NC(=O)C3CCC3)c2)n1. The first-order chi connectivity index (χ1) is 13.1. The van der Waals surface area contributed by atoms with Crippen molar-refractivity contribution in [1.82, 2.24) is 14.8 Å². The maximum Gasteiger partial charge on any atom is 0.336 e.